The highest BCUT2D eigenvalue weighted by molar-refractivity contribution is 8.00. The van der Waals surface area contributed by atoms with Crippen LogP contribution in [0.25, 0.3) is 0 Å². The van der Waals surface area contributed by atoms with Gasteiger partial charge in [0.05, 0.1) is 6.10 Å². The first-order valence-corrected chi connectivity index (χ1v) is 7.97. The second-order valence-electron chi connectivity index (χ2n) is 5.21. The molecular weight excluding hydrogens is 242 g/mol. The quantitative estimate of drug-likeness (QED) is 0.880. The smallest absolute Gasteiger partial charge is 0.120 e. The fraction of sp³-hybridized carbons (Fsp3) is 0.600. The topological polar surface area (TPSA) is 21.3 Å². The number of benzene rings is 1. The Kier molecular flexibility index (Phi) is 3.80. The number of hydrogen-bond acceptors (Lipinski definition) is 3. The molecule has 2 unspecified atom stereocenters. The zero-order valence-corrected chi connectivity index (χ0v) is 11.7. The highest BCUT2D eigenvalue weighted by Gasteiger charge is 2.27. The molecule has 0 bridgehead atoms. The Morgan fingerprint density at radius 3 is 2.89 bits per heavy atom. The summed E-state index contributed by atoms with van der Waals surface area (Å²) in [5.74, 6) is 2.35. The van der Waals surface area contributed by atoms with Gasteiger partial charge in [0, 0.05) is 11.3 Å². The van der Waals surface area contributed by atoms with Gasteiger partial charge in [-0.2, -0.15) is 11.8 Å². The molecule has 1 aromatic carbocycles. The molecule has 2 atom stereocenters. The second kappa shape index (κ2) is 5.54. The van der Waals surface area contributed by atoms with E-state index in [2.05, 4.69) is 48.4 Å². The molecule has 2 aliphatic rings. The van der Waals surface area contributed by atoms with Crippen LogP contribution in [0.2, 0.25) is 0 Å². The lowest BCUT2D eigenvalue weighted by Crippen LogP contribution is -2.25. The van der Waals surface area contributed by atoms with Crippen molar-refractivity contribution in [3.05, 3.63) is 29.8 Å². The molecule has 1 heterocycles. The van der Waals surface area contributed by atoms with Crippen molar-refractivity contribution in [1.29, 1.82) is 0 Å². The average Bonchev–Trinajstić information content (AvgIpc) is 3.04. The van der Waals surface area contributed by atoms with Crippen LogP contribution < -0.4 is 10.1 Å². The van der Waals surface area contributed by atoms with Crippen LogP contribution in [0.15, 0.2) is 24.3 Å². The largest absolute Gasteiger partial charge is 0.490 e. The monoisotopic (exact) mass is 263 g/mol. The van der Waals surface area contributed by atoms with E-state index in [1.807, 2.05) is 0 Å². The molecule has 1 aliphatic heterocycles. The summed E-state index contributed by atoms with van der Waals surface area (Å²) in [6.45, 7) is 0. The minimum Gasteiger partial charge on any atom is -0.490 e. The molecule has 1 aliphatic carbocycles. The Balaban J connectivity index is 1.75. The van der Waals surface area contributed by atoms with Crippen LogP contribution in [-0.2, 0) is 0 Å². The van der Waals surface area contributed by atoms with Gasteiger partial charge in [-0.25, -0.2) is 0 Å². The number of thioether (sulfide) groups is 1. The summed E-state index contributed by atoms with van der Waals surface area (Å²) >= 11 is 2.10. The van der Waals surface area contributed by atoms with Gasteiger partial charge in [-0.15, -0.1) is 0 Å². The third-order valence-electron chi connectivity index (χ3n) is 3.69. The van der Waals surface area contributed by atoms with Crippen molar-refractivity contribution in [2.24, 2.45) is 0 Å². The van der Waals surface area contributed by atoms with Gasteiger partial charge in [-0.05, 0) is 56.2 Å². The van der Waals surface area contributed by atoms with E-state index in [-0.39, 0.29) is 0 Å². The van der Waals surface area contributed by atoms with Crippen LogP contribution in [-0.4, -0.2) is 24.2 Å². The van der Waals surface area contributed by atoms with Crippen molar-refractivity contribution in [1.82, 2.24) is 5.32 Å². The van der Waals surface area contributed by atoms with Crippen LogP contribution in [0, 0.1) is 0 Å². The average molecular weight is 263 g/mol. The Bertz CT molecular complexity index is 399. The Morgan fingerprint density at radius 2 is 2.22 bits per heavy atom. The SMILES string of the molecule is CNC(c1cccc(OC2CC2)c1)C1CCCS1. The van der Waals surface area contributed by atoms with E-state index >= 15 is 0 Å². The third kappa shape index (κ3) is 2.83. The molecule has 0 amide bonds. The predicted molar refractivity (Wildman–Crippen MR) is 77.4 cm³/mol. The molecule has 0 aromatic heterocycles. The minimum absolute atomic E-state index is 0.459. The summed E-state index contributed by atoms with van der Waals surface area (Å²) < 4.78 is 5.89. The van der Waals surface area contributed by atoms with Crippen molar-refractivity contribution < 1.29 is 4.74 Å². The summed E-state index contributed by atoms with van der Waals surface area (Å²) in [6, 6.07) is 9.10. The van der Waals surface area contributed by atoms with E-state index in [1.54, 1.807) is 0 Å². The maximum absolute atomic E-state index is 5.89. The molecule has 1 saturated carbocycles. The lowest BCUT2D eigenvalue weighted by Gasteiger charge is -2.23. The molecule has 98 valence electrons. The highest BCUT2D eigenvalue weighted by Crippen LogP contribution is 2.37. The summed E-state index contributed by atoms with van der Waals surface area (Å²) in [7, 11) is 2.07. The Morgan fingerprint density at radius 1 is 1.33 bits per heavy atom. The summed E-state index contributed by atoms with van der Waals surface area (Å²) in [5, 5.41) is 4.19. The van der Waals surface area contributed by atoms with Gasteiger partial charge in [-0.3, -0.25) is 0 Å². The van der Waals surface area contributed by atoms with Crippen molar-refractivity contribution in [3.63, 3.8) is 0 Å². The molecule has 1 saturated heterocycles. The molecule has 18 heavy (non-hydrogen) atoms. The van der Waals surface area contributed by atoms with E-state index in [0.29, 0.717) is 17.4 Å². The van der Waals surface area contributed by atoms with Crippen LogP contribution in [0.4, 0.5) is 0 Å². The standard InChI is InChI=1S/C15H21NOS/c1-16-15(14-6-3-9-18-14)11-4-2-5-13(10-11)17-12-7-8-12/h2,4-5,10,12,14-16H,3,6-9H2,1H3. The molecule has 0 radical (unpaired) electrons. The van der Waals surface area contributed by atoms with E-state index in [1.165, 1.54) is 37.0 Å². The first kappa shape index (κ1) is 12.4. The highest BCUT2D eigenvalue weighted by atomic mass is 32.2. The molecule has 2 nitrogen and oxygen atoms in total. The number of rotatable bonds is 5. The lowest BCUT2D eigenvalue weighted by molar-refractivity contribution is 0.302. The number of nitrogens with one attached hydrogen (secondary N) is 1. The van der Waals surface area contributed by atoms with Gasteiger partial charge in [0.15, 0.2) is 0 Å². The molecule has 2 fully saturated rings. The van der Waals surface area contributed by atoms with Gasteiger partial charge in [0.1, 0.15) is 5.75 Å². The fourth-order valence-corrected chi connectivity index (χ4v) is 4.05. The van der Waals surface area contributed by atoms with Crippen LogP contribution in [0.1, 0.15) is 37.3 Å². The maximum Gasteiger partial charge on any atom is 0.120 e. The van der Waals surface area contributed by atoms with E-state index < -0.39 is 0 Å². The normalized spacial score (nSPS) is 25.1. The summed E-state index contributed by atoms with van der Waals surface area (Å²) in [6.07, 6.45) is 5.60. The van der Waals surface area contributed by atoms with Gasteiger partial charge in [0.2, 0.25) is 0 Å². The Hall–Kier alpha value is -0.670. The maximum atomic E-state index is 5.89. The second-order valence-corrected chi connectivity index (χ2v) is 6.55. The van der Waals surface area contributed by atoms with Gasteiger partial charge >= 0.3 is 0 Å². The third-order valence-corrected chi connectivity index (χ3v) is 5.15. The van der Waals surface area contributed by atoms with Crippen molar-refractivity contribution in [3.8, 4) is 5.75 Å². The molecule has 0 spiro atoms. The first-order chi connectivity index (χ1) is 8.86. The zero-order chi connectivity index (χ0) is 12.4. The summed E-state index contributed by atoms with van der Waals surface area (Å²) in [4.78, 5) is 0. The molecule has 1 aromatic rings. The number of ether oxygens (including phenoxy) is 1. The van der Waals surface area contributed by atoms with Gasteiger partial charge in [0.25, 0.3) is 0 Å². The van der Waals surface area contributed by atoms with Crippen molar-refractivity contribution >= 4 is 11.8 Å². The fourth-order valence-electron chi connectivity index (χ4n) is 2.59. The predicted octanol–water partition coefficient (Wildman–Crippen LogP) is 3.38. The van der Waals surface area contributed by atoms with Gasteiger partial charge in [-0.1, -0.05) is 12.1 Å². The van der Waals surface area contributed by atoms with E-state index in [4.69, 9.17) is 4.74 Å². The summed E-state index contributed by atoms with van der Waals surface area (Å²) in [5.41, 5.74) is 1.37. The first-order valence-electron chi connectivity index (χ1n) is 6.92. The van der Waals surface area contributed by atoms with Crippen LogP contribution in [0.3, 0.4) is 0 Å². The van der Waals surface area contributed by atoms with Crippen LogP contribution in [0.5, 0.6) is 5.75 Å². The number of hydrogen-bond donors (Lipinski definition) is 1. The lowest BCUT2D eigenvalue weighted by atomic mass is 10.0. The minimum atomic E-state index is 0.459. The van der Waals surface area contributed by atoms with Crippen LogP contribution >= 0.6 is 11.8 Å². The van der Waals surface area contributed by atoms with E-state index in [9.17, 15) is 0 Å². The van der Waals surface area contributed by atoms with Crippen molar-refractivity contribution in [2.45, 2.75) is 43.1 Å². The van der Waals surface area contributed by atoms with Crippen molar-refractivity contribution in [2.75, 3.05) is 12.8 Å². The van der Waals surface area contributed by atoms with E-state index in [0.717, 1.165) is 5.75 Å². The zero-order valence-electron chi connectivity index (χ0n) is 10.9. The Labute approximate surface area is 113 Å². The molecule has 3 rings (SSSR count). The van der Waals surface area contributed by atoms with Gasteiger partial charge < -0.3 is 10.1 Å². The molecule has 1 N–H and O–H groups in total. The molecule has 3 heteroatoms. The molecular formula is C15H21NOS.